The van der Waals surface area contributed by atoms with Crippen LogP contribution >= 0.6 is 11.6 Å². The van der Waals surface area contributed by atoms with Crippen molar-refractivity contribution in [3.05, 3.63) is 34.9 Å². The molecule has 0 saturated heterocycles. The van der Waals surface area contributed by atoms with Crippen molar-refractivity contribution < 1.29 is 0 Å². The standard InChI is InChI=1S/C16H22ClN/c17-15-6-8-16(9-7-15)18-11-12-4-5-13-2-1-3-14(13)10-12/h4-5,10,15-16,18H,1-3,6-9,11H2. The number of hydrogen-bond acceptors (Lipinski definition) is 1. The molecule has 0 unspecified atom stereocenters. The summed E-state index contributed by atoms with van der Waals surface area (Å²) in [5.74, 6) is 0. The number of aryl methyl sites for hydroxylation is 2. The molecule has 2 heteroatoms. The quantitative estimate of drug-likeness (QED) is 0.818. The number of alkyl halides is 1. The smallest absolute Gasteiger partial charge is 0.0337 e. The number of nitrogens with one attached hydrogen (secondary N) is 1. The second-order valence-electron chi connectivity index (χ2n) is 5.79. The Kier molecular flexibility index (Phi) is 3.91. The summed E-state index contributed by atoms with van der Waals surface area (Å²) in [6, 6.07) is 7.70. The van der Waals surface area contributed by atoms with Crippen LogP contribution in [0.15, 0.2) is 18.2 Å². The van der Waals surface area contributed by atoms with Gasteiger partial charge in [0.2, 0.25) is 0 Å². The molecule has 1 nitrogen and oxygen atoms in total. The fraction of sp³-hybridized carbons (Fsp3) is 0.625. The predicted molar refractivity (Wildman–Crippen MR) is 77.2 cm³/mol. The number of halogens is 1. The molecule has 1 aromatic rings. The van der Waals surface area contributed by atoms with Gasteiger partial charge in [-0.1, -0.05) is 18.2 Å². The number of benzene rings is 1. The lowest BCUT2D eigenvalue weighted by Crippen LogP contribution is -2.32. The molecule has 0 amide bonds. The molecule has 0 radical (unpaired) electrons. The molecular formula is C16H22ClN. The van der Waals surface area contributed by atoms with E-state index in [-0.39, 0.29) is 0 Å². The first-order valence-electron chi connectivity index (χ1n) is 7.29. The zero-order valence-corrected chi connectivity index (χ0v) is 11.7. The van der Waals surface area contributed by atoms with E-state index in [1.165, 1.54) is 50.5 Å². The fourth-order valence-electron chi connectivity index (χ4n) is 3.25. The molecule has 0 aliphatic heterocycles. The van der Waals surface area contributed by atoms with Crippen LogP contribution in [0.5, 0.6) is 0 Å². The molecule has 2 aliphatic carbocycles. The molecule has 1 fully saturated rings. The summed E-state index contributed by atoms with van der Waals surface area (Å²) < 4.78 is 0. The first-order valence-corrected chi connectivity index (χ1v) is 7.73. The molecule has 3 rings (SSSR count). The Morgan fingerprint density at radius 2 is 1.83 bits per heavy atom. The topological polar surface area (TPSA) is 12.0 Å². The minimum atomic E-state index is 0.419. The van der Waals surface area contributed by atoms with Gasteiger partial charge in [0.15, 0.2) is 0 Å². The van der Waals surface area contributed by atoms with Crippen molar-refractivity contribution in [3.8, 4) is 0 Å². The van der Waals surface area contributed by atoms with Crippen LogP contribution in [0.3, 0.4) is 0 Å². The van der Waals surface area contributed by atoms with Crippen molar-refractivity contribution in [1.29, 1.82) is 0 Å². The summed E-state index contributed by atoms with van der Waals surface area (Å²) >= 11 is 6.14. The van der Waals surface area contributed by atoms with Gasteiger partial charge in [-0.2, -0.15) is 0 Å². The van der Waals surface area contributed by atoms with Gasteiger partial charge in [-0.3, -0.25) is 0 Å². The summed E-state index contributed by atoms with van der Waals surface area (Å²) in [4.78, 5) is 0. The van der Waals surface area contributed by atoms with E-state index in [0.29, 0.717) is 11.4 Å². The van der Waals surface area contributed by atoms with Gasteiger partial charge in [0, 0.05) is 18.0 Å². The van der Waals surface area contributed by atoms with Crippen molar-refractivity contribution in [3.63, 3.8) is 0 Å². The van der Waals surface area contributed by atoms with Crippen molar-refractivity contribution in [2.24, 2.45) is 0 Å². The van der Waals surface area contributed by atoms with Crippen LogP contribution in [0.1, 0.15) is 48.8 Å². The van der Waals surface area contributed by atoms with E-state index in [0.717, 1.165) is 6.54 Å². The van der Waals surface area contributed by atoms with Gasteiger partial charge in [-0.15, -0.1) is 11.6 Å². The van der Waals surface area contributed by atoms with Crippen LogP contribution in [0.2, 0.25) is 0 Å². The van der Waals surface area contributed by atoms with Gasteiger partial charge in [0.1, 0.15) is 0 Å². The molecule has 1 N–H and O–H groups in total. The minimum Gasteiger partial charge on any atom is -0.310 e. The summed E-state index contributed by atoms with van der Waals surface area (Å²) in [5, 5.41) is 4.11. The van der Waals surface area contributed by atoms with Crippen LogP contribution in [-0.4, -0.2) is 11.4 Å². The van der Waals surface area contributed by atoms with Crippen molar-refractivity contribution in [2.75, 3.05) is 0 Å². The Morgan fingerprint density at radius 1 is 1.06 bits per heavy atom. The van der Waals surface area contributed by atoms with Crippen molar-refractivity contribution in [1.82, 2.24) is 5.32 Å². The molecule has 18 heavy (non-hydrogen) atoms. The van der Waals surface area contributed by atoms with Gasteiger partial charge in [0.25, 0.3) is 0 Å². The first kappa shape index (κ1) is 12.5. The molecule has 0 bridgehead atoms. The molecular weight excluding hydrogens is 242 g/mol. The highest BCUT2D eigenvalue weighted by Crippen LogP contribution is 2.24. The third kappa shape index (κ3) is 2.89. The third-order valence-corrected chi connectivity index (χ3v) is 4.85. The highest BCUT2D eigenvalue weighted by Gasteiger charge is 2.19. The van der Waals surface area contributed by atoms with E-state index in [2.05, 4.69) is 23.5 Å². The van der Waals surface area contributed by atoms with E-state index in [1.54, 1.807) is 11.1 Å². The highest BCUT2D eigenvalue weighted by molar-refractivity contribution is 6.20. The molecule has 0 heterocycles. The van der Waals surface area contributed by atoms with E-state index in [9.17, 15) is 0 Å². The van der Waals surface area contributed by atoms with Crippen LogP contribution < -0.4 is 5.32 Å². The molecule has 0 atom stereocenters. The van der Waals surface area contributed by atoms with Gasteiger partial charge < -0.3 is 5.32 Å². The highest BCUT2D eigenvalue weighted by atomic mass is 35.5. The normalized spacial score (nSPS) is 27.2. The summed E-state index contributed by atoms with van der Waals surface area (Å²) in [5.41, 5.74) is 4.60. The number of fused-ring (bicyclic) bond motifs is 1. The van der Waals surface area contributed by atoms with Gasteiger partial charge >= 0.3 is 0 Å². The zero-order chi connectivity index (χ0) is 12.4. The maximum absolute atomic E-state index is 6.14. The van der Waals surface area contributed by atoms with E-state index < -0.39 is 0 Å². The van der Waals surface area contributed by atoms with Gasteiger partial charge in [-0.05, 0) is 61.6 Å². The van der Waals surface area contributed by atoms with E-state index in [4.69, 9.17) is 11.6 Å². The molecule has 1 saturated carbocycles. The lowest BCUT2D eigenvalue weighted by Gasteiger charge is -2.26. The minimum absolute atomic E-state index is 0.419. The predicted octanol–water partition coefficient (Wildman–Crippen LogP) is 3.81. The van der Waals surface area contributed by atoms with Gasteiger partial charge in [-0.25, -0.2) is 0 Å². The maximum atomic E-state index is 6.14. The average molecular weight is 264 g/mol. The largest absolute Gasteiger partial charge is 0.310 e. The molecule has 98 valence electrons. The maximum Gasteiger partial charge on any atom is 0.0337 e. The Balaban J connectivity index is 1.54. The molecule has 2 aliphatic rings. The second-order valence-corrected chi connectivity index (χ2v) is 6.40. The first-order chi connectivity index (χ1) is 8.81. The molecule has 0 aromatic heterocycles. The lowest BCUT2D eigenvalue weighted by molar-refractivity contribution is 0.376. The summed E-state index contributed by atoms with van der Waals surface area (Å²) in [7, 11) is 0. The summed E-state index contributed by atoms with van der Waals surface area (Å²) in [6.45, 7) is 1.02. The molecule has 1 aromatic carbocycles. The zero-order valence-electron chi connectivity index (χ0n) is 10.9. The van der Waals surface area contributed by atoms with Crippen LogP contribution in [0.25, 0.3) is 0 Å². The lowest BCUT2D eigenvalue weighted by atomic mass is 9.95. The van der Waals surface area contributed by atoms with E-state index >= 15 is 0 Å². The molecule has 0 spiro atoms. The number of hydrogen-bond donors (Lipinski definition) is 1. The summed E-state index contributed by atoms with van der Waals surface area (Å²) in [6.07, 6.45) is 8.71. The number of rotatable bonds is 3. The van der Waals surface area contributed by atoms with Crippen LogP contribution in [0.4, 0.5) is 0 Å². The van der Waals surface area contributed by atoms with Crippen molar-refractivity contribution >= 4 is 11.6 Å². The monoisotopic (exact) mass is 263 g/mol. The Hall–Kier alpha value is -0.530. The van der Waals surface area contributed by atoms with E-state index in [1.807, 2.05) is 0 Å². The van der Waals surface area contributed by atoms with Crippen molar-refractivity contribution in [2.45, 2.75) is 62.9 Å². The van der Waals surface area contributed by atoms with Crippen LogP contribution in [-0.2, 0) is 19.4 Å². The fourth-order valence-corrected chi connectivity index (χ4v) is 3.51. The Labute approximate surface area is 115 Å². The Morgan fingerprint density at radius 3 is 2.67 bits per heavy atom. The third-order valence-electron chi connectivity index (χ3n) is 4.41. The van der Waals surface area contributed by atoms with Gasteiger partial charge in [0.05, 0.1) is 0 Å². The SMILES string of the molecule is ClC1CCC(NCc2ccc3c(c2)CCC3)CC1. The second kappa shape index (κ2) is 5.63. The average Bonchev–Trinajstić information content (AvgIpc) is 2.85. The Bertz CT molecular complexity index is 408. The van der Waals surface area contributed by atoms with Crippen LogP contribution in [0, 0.1) is 0 Å².